The lowest BCUT2D eigenvalue weighted by Gasteiger charge is -2.11. The molecule has 22 heavy (non-hydrogen) atoms. The molecule has 4 heteroatoms. The van der Waals surface area contributed by atoms with Crippen LogP contribution >= 0.6 is 0 Å². The third-order valence-corrected chi connectivity index (χ3v) is 3.47. The van der Waals surface area contributed by atoms with E-state index in [0.717, 1.165) is 22.0 Å². The first-order valence-electron chi connectivity index (χ1n) is 6.95. The molecule has 2 amide bonds. The molecule has 0 atom stereocenters. The number of halogens is 1. The number of aryl methyl sites for hydroxylation is 1. The van der Waals surface area contributed by atoms with Gasteiger partial charge in [0, 0.05) is 11.1 Å². The summed E-state index contributed by atoms with van der Waals surface area (Å²) in [4.78, 5) is 12.1. The van der Waals surface area contributed by atoms with E-state index in [9.17, 15) is 9.18 Å². The molecule has 0 aliphatic heterocycles. The molecule has 0 aliphatic carbocycles. The Morgan fingerprint density at radius 2 is 1.64 bits per heavy atom. The summed E-state index contributed by atoms with van der Waals surface area (Å²) in [5, 5.41) is 7.49. The molecule has 0 fully saturated rings. The molecule has 0 heterocycles. The molecule has 3 nitrogen and oxygen atoms in total. The van der Waals surface area contributed by atoms with E-state index in [1.165, 1.54) is 12.1 Å². The van der Waals surface area contributed by atoms with Crippen molar-refractivity contribution in [2.24, 2.45) is 0 Å². The van der Waals surface area contributed by atoms with Gasteiger partial charge < -0.3 is 10.6 Å². The average Bonchev–Trinajstić information content (AvgIpc) is 2.48. The van der Waals surface area contributed by atoms with E-state index in [2.05, 4.69) is 10.6 Å². The van der Waals surface area contributed by atoms with Crippen LogP contribution in [0.5, 0.6) is 0 Å². The van der Waals surface area contributed by atoms with E-state index in [1.807, 2.05) is 43.3 Å². The van der Waals surface area contributed by atoms with Crippen LogP contribution in [0.1, 0.15) is 5.56 Å². The Labute approximate surface area is 127 Å². The summed E-state index contributed by atoms with van der Waals surface area (Å²) in [6.45, 7) is 2.03. The minimum absolute atomic E-state index is 0.390. The second-order valence-electron chi connectivity index (χ2n) is 5.07. The van der Waals surface area contributed by atoms with Gasteiger partial charge in [-0.2, -0.15) is 0 Å². The maximum absolute atomic E-state index is 13.1. The topological polar surface area (TPSA) is 41.1 Å². The normalized spacial score (nSPS) is 10.5. The van der Waals surface area contributed by atoms with Gasteiger partial charge in [0.1, 0.15) is 5.82 Å². The molecule has 0 saturated heterocycles. The van der Waals surface area contributed by atoms with Crippen molar-refractivity contribution in [2.45, 2.75) is 6.92 Å². The van der Waals surface area contributed by atoms with Crippen LogP contribution in [0.2, 0.25) is 0 Å². The van der Waals surface area contributed by atoms with Crippen molar-refractivity contribution in [3.05, 3.63) is 72.0 Å². The van der Waals surface area contributed by atoms with Gasteiger partial charge >= 0.3 is 6.03 Å². The summed E-state index contributed by atoms with van der Waals surface area (Å²) in [6, 6.07) is 17.1. The zero-order valence-corrected chi connectivity index (χ0v) is 12.1. The Hall–Kier alpha value is -2.88. The molecule has 0 unspecified atom stereocenters. The predicted octanol–water partition coefficient (Wildman–Crippen LogP) is 4.93. The Kier molecular flexibility index (Phi) is 3.74. The molecule has 2 N–H and O–H groups in total. The zero-order valence-electron chi connectivity index (χ0n) is 12.1. The summed E-state index contributed by atoms with van der Waals surface area (Å²) in [5.74, 6) is -0.390. The lowest BCUT2D eigenvalue weighted by Crippen LogP contribution is -2.19. The Bertz CT molecular complexity index is 845. The predicted molar refractivity (Wildman–Crippen MR) is 87.7 cm³/mol. The Morgan fingerprint density at radius 1 is 0.909 bits per heavy atom. The van der Waals surface area contributed by atoms with Gasteiger partial charge in [0.05, 0.1) is 5.69 Å². The molecule has 0 bridgehead atoms. The number of hydrogen-bond acceptors (Lipinski definition) is 1. The minimum Gasteiger partial charge on any atom is -0.308 e. The van der Waals surface area contributed by atoms with Gasteiger partial charge in [-0.25, -0.2) is 9.18 Å². The molecule has 0 aliphatic rings. The summed E-state index contributed by atoms with van der Waals surface area (Å²) in [7, 11) is 0. The Morgan fingerprint density at radius 3 is 2.45 bits per heavy atom. The van der Waals surface area contributed by atoms with Crippen molar-refractivity contribution in [2.75, 3.05) is 10.6 Å². The number of anilines is 2. The lowest BCUT2D eigenvalue weighted by molar-refractivity contribution is 0.262. The number of benzene rings is 3. The van der Waals surface area contributed by atoms with E-state index >= 15 is 0 Å². The maximum atomic E-state index is 13.1. The van der Waals surface area contributed by atoms with Gasteiger partial charge in [0.15, 0.2) is 0 Å². The number of rotatable bonds is 2. The van der Waals surface area contributed by atoms with Crippen LogP contribution < -0.4 is 10.6 Å². The van der Waals surface area contributed by atoms with Crippen molar-refractivity contribution in [1.82, 2.24) is 0 Å². The molecule has 3 aromatic rings. The smallest absolute Gasteiger partial charge is 0.308 e. The summed E-state index contributed by atoms with van der Waals surface area (Å²) >= 11 is 0. The highest BCUT2D eigenvalue weighted by molar-refractivity contribution is 6.06. The molecular weight excluding hydrogens is 279 g/mol. The molecule has 0 spiro atoms. The second-order valence-corrected chi connectivity index (χ2v) is 5.07. The van der Waals surface area contributed by atoms with Gasteiger partial charge in [-0.05, 0) is 42.1 Å². The van der Waals surface area contributed by atoms with Gasteiger partial charge in [0.25, 0.3) is 0 Å². The van der Waals surface area contributed by atoms with Crippen LogP contribution in [0, 0.1) is 12.7 Å². The highest BCUT2D eigenvalue weighted by Crippen LogP contribution is 2.25. The fourth-order valence-electron chi connectivity index (χ4n) is 2.43. The van der Waals surface area contributed by atoms with Crippen molar-refractivity contribution in [3.63, 3.8) is 0 Å². The van der Waals surface area contributed by atoms with Gasteiger partial charge in [0.2, 0.25) is 0 Å². The van der Waals surface area contributed by atoms with E-state index in [-0.39, 0.29) is 0 Å². The molecule has 0 radical (unpaired) electrons. The third kappa shape index (κ3) is 2.91. The van der Waals surface area contributed by atoms with Crippen LogP contribution in [0.3, 0.4) is 0 Å². The van der Waals surface area contributed by atoms with Crippen LogP contribution in [0.15, 0.2) is 60.7 Å². The maximum Gasteiger partial charge on any atom is 0.323 e. The first-order chi connectivity index (χ1) is 10.6. The van der Waals surface area contributed by atoms with Gasteiger partial charge in [-0.3, -0.25) is 0 Å². The number of carbonyl (C=O) groups is 1. The van der Waals surface area contributed by atoms with E-state index < -0.39 is 11.8 Å². The summed E-state index contributed by atoms with van der Waals surface area (Å²) in [6.07, 6.45) is 0. The minimum atomic E-state index is -0.403. The molecular formula is C18H15FN2O. The van der Waals surface area contributed by atoms with Crippen LogP contribution in [0.4, 0.5) is 20.6 Å². The van der Waals surface area contributed by atoms with E-state index in [0.29, 0.717) is 5.69 Å². The third-order valence-electron chi connectivity index (χ3n) is 3.47. The van der Waals surface area contributed by atoms with Crippen LogP contribution in [-0.2, 0) is 0 Å². The number of urea groups is 1. The molecule has 3 rings (SSSR count). The first-order valence-corrected chi connectivity index (χ1v) is 6.95. The molecule has 110 valence electrons. The van der Waals surface area contributed by atoms with Crippen LogP contribution in [-0.4, -0.2) is 6.03 Å². The second kappa shape index (κ2) is 5.85. The van der Waals surface area contributed by atoms with Gasteiger partial charge in [-0.15, -0.1) is 0 Å². The number of amides is 2. The zero-order chi connectivity index (χ0) is 15.5. The summed E-state index contributed by atoms with van der Waals surface area (Å²) in [5.41, 5.74) is 2.27. The molecule has 0 saturated carbocycles. The number of nitrogens with one attached hydrogen (secondary N) is 2. The number of carbonyl (C=O) groups excluding carboxylic acids is 1. The number of hydrogen-bond donors (Lipinski definition) is 2. The van der Waals surface area contributed by atoms with E-state index in [4.69, 9.17) is 0 Å². The van der Waals surface area contributed by atoms with Crippen LogP contribution in [0.25, 0.3) is 10.8 Å². The van der Waals surface area contributed by atoms with Crippen molar-refractivity contribution in [1.29, 1.82) is 0 Å². The van der Waals surface area contributed by atoms with Crippen molar-refractivity contribution < 1.29 is 9.18 Å². The first kappa shape index (κ1) is 14.1. The largest absolute Gasteiger partial charge is 0.323 e. The SMILES string of the molecule is Cc1cccc2c(NC(=O)Nc3cccc(F)c3)cccc12. The average molecular weight is 294 g/mol. The van der Waals surface area contributed by atoms with Crippen molar-refractivity contribution in [3.8, 4) is 0 Å². The lowest BCUT2D eigenvalue weighted by atomic mass is 10.0. The standard InChI is InChI=1S/C18H15FN2O/c1-12-5-2-9-16-15(12)8-4-10-17(16)21-18(22)20-14-7-3-6-13(19)11-14/h2-11H,1H3,(H2,20,21,22). The fraction of sp³-hybridized carbons (Fsp3) is 0.0556. The molecule has 0 aromatic heterocycles. The quantitative estimate of drug-likeness (QED) is 0.691. The van der Waals surface area contributed by atoms with Crippen molar-refractivity contribution >= 4 is 28.2 Å². The fourth-order valence-corrected chi connectivity index (χ4v) is 2.43. The van der Waals surface area contributed by atoms with E-state index in [1.54, 1.807) is 12.1 Å². The van der Waals surface area contributed by atoms with Gasteiger partial charge in [-0.1, -0.05) is 36.4 Å². The highest BCUT2D eigenvalue weighted by atomic mass is 19.1. The number of fused-ring (bicyclic) bond motifs is 1. The monoisotopic (exact) mass is 294 g/mol. The molecule has 3 aromatic carbocycles. The highest BCUT2D eigenvalue weighted by Gasteiger charge is 2.07. The Balaban J connectivity index is 1.84. The summed E-state index contributed by atoms with van der Waals surface area (Å²) < 4.78 is 13.1.